The Morgan fingerprint density at radius 3 is 2.23 bits per heavy atom. The lowest BCUT2D eigenvalue weighted by Crippen LogP contribution is -2.27. The number of carbonyl (C=O) groups is 1. The molecule has 2 aromatic carbocycles. The molecule has 1 saturated heterocycles. The Labute approximate surface area is 208 Å². The number of esters is 1. The Bertz CT molecular complexity index is 890. The highest BCUT2D eigenvalue weighted by Crippen LogP contribution is 2.29. The van der Waals surface area contributed by atoms with Gasteiger partial charge in [0.05, 0.1) is 25.4 Å². The van der Waals surface area contributed by atoms with Crippen LogP contribution < -0.4 is 9.47 Å². The van der Waals surface area contributed by atoms with Crippen LogP contribution in [0, 0.1) is 11.7 Å². The molecule has 1 aliphatic heterocycles. The minimum absolute atomic E-state index is 0.130. The molecule has 0 aromatic heterocycles. The van der Waals surface area contributed by atoms with Crippen LogP contribution >= 0.6 is 0 Å². The highest BCUT2D eigenvalue weighted by Gasteiger charge is 2.25. The molecule has 0 saturated carbocycles. The normalized spacial score (nSPS) is 17.8. The number of unbranched alkanes of at least 4 members (excludes halogenated alkanes) is 6. The Balaban J connectivity index is 1.46. The summed E-state index contributed by atoms with van der Waals surface area (Å²) in [5.74, 6) is 0.0186. The van der Waals surface area contributed by atoms with Gasteiger partial charge in [-0.3, -0.25) is 0 Å². The Hall–Kier alpha value is -2.44. The van der Waals surface area contributed by atoms with Gasteiger partial charge < -0.3 is 18.9 Å². The highest BCUT2D eigenvalue weighted by molar-refractivity contribution is 5.91. The van der Waals surface area contributed by atoms with E-state index < -0.39 is 18.1 Å². The van der Waals surface area contributed by atoms with E-state index in [1.807, 2.05) is 0 Å². The third kappa shape index (κ3) is 8.93. The van der Waals surface area contributed by atoms with E-state index in [1.165, 1.54) is 50.7 Å². The first-order valence-electron chi connectivity index (χ1n) is 13.1. The largest absolute Gasteiger partial charge is 0.494 e. The van der Waals surface area contributed by atoms with Crippen LogP contribution in [-0.4, -0.2) is 25.8 Å². The van der Waals surface area contributed by atoms with Crippen LogP contribution in [0.25, 0.3) is 0 Å². The van der Waals surface area contributed by atoms with Crippen molar-refractivity contribution in [2.24, 2.45) is 5.92 Å². The van der Waals surface area contributed by atoms with E-state index in [0.29, 0.717) is 37.1 Å². The fraction of sp³-hybridized carbons (Fsp3) is 0.552. The van der Waals surface area contributed by atoms with Crippen molar-refractivity contribution >= 4 is 5.97 Å². The van der Waals surface area contributed by atoms with Crippen LogP contribution in [0.15, 0.2) is 42.5 Å². The van der Waals surface area contributed by atoms with Gasteiger partial charge in [0.1, 0.15) is 17.3 Å². The van der Waals surface area contributed by atoms with Crippen molar-refractivity contribution in [1.29, 1.82) is 0 Å². The molecule has 0 spiro atoms. The van der Waals surface area contributed by atoms with E-state index in [2.05, 4.69) is 13.8 Å². The smallest absolute Gasteiger partial charge is 0.346 e. The summed E-state index contributed by atoms with van der Waals surface area (Å²) < 4.78 is 37.4. The zero-order valence-corrected chi connectivity index (χ0v) is 21.1. The highest BCUT2D eigenvalue weighted by atomic mass is 19.1. The molecule has 1 aliphatic rings. The summed E-state index contributed by atoms with van der Waals surface area (Å²) in [6, 6.07) is 11.2. The van der Waals surface area contributed by atoms with E-state index >= 15 is 0 Å². The first-order valence-corrected chi connectivity index (χ1v) is 13.1. The second-order valence-electron chi connectivity index (χ2n) is 9.22. The maximum absolute atomic E-state index is 14.7. The summed E-state index contributed by atoms with van der Waals surface area (Å²) in [7, 11) is 0. The maximum atomic E-state index is 14.7. The minimum Gasteiger partial charge on any atom is -0.494 e. The number of ether oxygens (including phenoxy) is 4. The lowest BCUT2D eigenvalue weighted by atomic mass is 10.0. The summed E-state index contributed by atoms with van der Waals surface area (Å²) >= 11 is 0. The van der Waals surface area contributed by atoms with Crippen LogP contribution in [0.2, 0.25) is 0 Å². The number of hydrogen-bond donors (Lipinski definition) is 0. The Kier molecular flexibility index (Phi) is 11.5. The monoisotopic (exact) mass is 486 g/mol. The van der Waals surface area contributed by atoms with Gasteiger partial charge in [-0.1, -0.05) is 64.9 Å². The molecule has 0 unspecified atom stereocenters. The second-order valence-corrected chi connectivity index (χ2v) is 9.22. The molecule has 5 nitrogen and oxygen atoms in total. The fourth-order valence-corrected chi connectivity index (χ4v) is 4.09. The third-order valence-electron chi connectivity index (χ3n) is 6.22. The first kappa shape index (κ1) is 27.2. The molecule has 1 heterocycles. The zero-order chi connectivity index (χ0) is 24.9. The molecule has 192 valence electrons. The van der Waals surface area contributed by atoms with E-state index in [4.69, 9.17) is 18.9 Å². The van der Waals surface area contributed by atoms with Crippen molar-refractivity contribution in [2.75, 3.05) is 19.8 Å². The fourth-order valence-electron chi connectivity index (χ4n) is 4.09. The zero-order valence-electron chi connectivity index (χ0n) is 21.1. The molecule has 0 aliphatic carbocycles. The SMILES string of the molecule is CCCCCCCOc1ccc(OC(=O)c2ccc(C3OCC(CCCCC)CO3)cc2F)cc1. The molecule has 0 N–H and O–H groups in total. The van der Waals surface area contributed by atoms with Crippen molar-refractivity contribution in [3.63, 3.8) is 0 Å². The van der Waals surface area contributed by atoms with Crippen LogP contribution in [-0.2, 0) is 9.47 Å². The molecule has 1 fully saturated rings. The number of benzene rings is 2. The number of halogens is 1. The summed E-state index contributed by atoms with van der Waals surface area (Å²) in [6.45, 7) is 6.23. The average molecular weight is 487 g/mol. The van der Waals surface area contributed by atoms with E-state index in [-0.39, 0.29) is 5.56 Å². The van der Waals surface area contributed by atoms with Crippen molar-refractivity contribution in [1.82, 2.24) is 0 Å². The van der Waals surface area contributed by atoms with Crippen LogP contribution in [0.5, 0.6) is 11.5 Å². The predicted molar refractivity (Wildman–Crippen MR) is 134 cm³/mol. The summed E-state index contributed by atoms with van der Waals surface area (Å²) in [6.07, 6.45) is 9.90. The third-order valence-corrected chi connectivity index (χ3v) is 6.22. The molecule has 6 heteroatoms. The lowest BCUT2D eigenvalue weighted by molar-refractivity contribution is -0.206. The minimum atomic E-state index is -0.750. The molecule has 2 aromatic rings. The van der Waals surface area contributed by atoms with Crippen LogP contribution in [0.3, 0.4) is 0 Å². The van der Waals surface area contributed by atoms with Gasteiger partial charge in [-0.2, -0.15) is 0 Å². The molecule has 0 bridgehead atoms. The Morgan fingerprint density at radius 2 is 1.54 bits per heavy atom. The Morgan fingerprint density at radius 1 is 0.886 bits per heavy atom. The molecule has 0 atom stereocenters. The summed E-state index contributed by atoms with van der Waals surface area (Å²) in [4.78, 5) is 12.5. The predicted octanol–water partition coefficient (Wildman–Crippen LogP) is 7.64. The van der Waals surface area contributed by atoms with Gasteiger partial charge in [0, 0.05) is 11.5 Å². The topological polar surface area (TPSA) is 54.0 Å². The van der Waals surface area contributed by atoms with E-state index in [1.54, 1.807) is 30.3 Å². The van der Waals surface area contributed by atoms with Crippen LogP contribution in [0.1, 0.15) is 93.8 Å². The van der Waals surface area contributed by atoms with Gasteiger partial charge >= 0.3 is 5.97 Å². The van der Waals surface area contributed by atoms with Gasteiger partial charge in [0.25, 0.3) is 0 Å². The second kappa shape index (κ2) is 14.8. The lowest BCUT2D eigenvalue weighted by Gasteiger charge is -2.29. The molecular weight excluding hydrogens is 447 g/mol. The van der Waals surface area contributed by atoms with Crippen molar-refractivity contribution in [2.45, 2.75) is 77.9 Å². The van der Waals surface area contributed by atoms with Crippen molar-refractivity contribution in [3.05, 3.63) is 59.4 Å². The standard InChI is InChI=1S/C29H39FO5/c1-3-5-7-8-10-18-32-24-13-15-25(16-14-24)35-28(31)26-17-12-23(19-27(26)30)29-33-20-22(21-34-29)11-9-6-4-2/h12-17,19,22,29H,3-11,18,20-21H2,1-2H3. The molecule has 0 radical (unpaired) electrons. The average Bonchev–Trinajstić information content (AvgIpc) is 2.87. The van der Waals surface area contributed by atoms with Crippen molar-refractivity contribution in [3.8, 4) is 11.5 Å². The number of rotatable bonds is 14. The summed E-state index contributed by atoms with van der Waals surface area (Å²) in [5.41, 5.74) is 0.427. The van der Waals surface area contributed by atoms with E-state index in [0.717, 1.165) is 25.0 Å². The number of hydrogen-bond acceptors (Lipinski definition) is 5. The van der Waals surface area contributed by atoms with Gasteiger partial charge in [-0.15, -0.1) is 0 Å². The van der Waals surface area contributed by atoms with Gasteiger partial charge in [-0.05, 0) is 49.2 Å². The molecular formula is C29H39FO5. The first-order chi connectivity index (χ1) is 17.1. The maximum Gasteiger partial charge on any atom is 0.346 e. The quantitative estimate of drug-likeness (QED) is 0.156. The van der Waals surface area contributed by atoms with Crippen LogP contribution in [0.4, 0.5) is 4.39 Å². The molecule has 3 rings (SSSR count). The van der Waals surface area contributed by atoms with Gasteiger partial charge in [0.15, 0.2) is 6.29 Å². The molecule has 35 heavy (non-hydrogen) atoms. The summed E-state index contributed by atoms with van der Waals surface area (Å²) in [5, 5.41) is 0. The number of carbonyl (C=O) groups excluding carboxylic acids is 1. The van der Waals surface area contributed by atoms with Gasteiger partial charge in [-0.25, -0.2) is 9.18 Å². The van der Waals surface area contributed by atoms with Gasteiger partial charge in [0.2, 0.25) is 0 Å². The van der Waals surface area contributed by atoms with Crippen molar-refractivity contribution < 1.29 is 28.1 Å². The van der Waals surface area contributed by atoms with E-state index in [9.17, 15) is 9.18 Å². The molecule has 0 amide bonds.